The molecule has 0 aliphatic rings. The summed E-state index contributed by atoms with van der Waals surface area (Å²) in [5.74, 6) is 0. The summed E-state index contributed by atoms with van der Waals surface area (Å²) >= 11 is 3.38. The van der Waals surface area contributed by atoms with Gasteiger partial charge in [-0.15, -0.1) is 0 Å². The molecule has 88 valence electrons. The Morgan fingerprint density at radius 2 is 2.12 bits per heavy atom. The van der Waals surface area contributed by atoms with Gasteiger partial charge in [0.2, 0.25) is 0 Å². The molecule has 1 aromatic heterocycles. The van der Waals surface area contributed by atoms with E-state index in [1.165, 1.54) is 10.9 Å². The Bertz CT molecular complexity index is 493. The Morgan fingerprint density at radius 1 is 1.41 bits per heavy atom. The van der Waals surface area contributed by atoms with Gasteiger partial charge in [0.1, 0.15) is 6.33 Å². The fraction of sp³-hybridized carbons (Fsp3) is 0.167. The summed E-state index contributed by atoms with van der Waals surface area (Å²) in [4.78, 5) is 17.4. The molecule has 0 aliphatic carbocycles. The maximum atomic E-state index is 11.9. The first-order valence-corrected chi connectivity index (χ1v) is 5.94. The van der Waals surface area contributed by atoms with E-state index >= 15 is 0 Å². The monoisotopic (exact) mass is 293 g/mol. The molecule has 2 aromatic rings. The molecule has 1 amide bonds. The van der Waals surface area contributed by atoms with Gasteiger partial charge in [-0.1, -0.05) is 28.1 Å². The predicted molar refractivity (Wildman–Crippen MR) is 68.6 cm³/mol. The quantitative estimate of drug-likeness (QED) is 0.854. The van der Waals surface area contributed by atoms with Crippen LogP contribution in [0.3, 0.4) is 0 Å². The average Bonchev–Trinajstić information content (AvgIpc) is 2.84. The number of benzene rings is 1. The van der Waals surface area contributed by atoms with Crippen molar-refractivity contribution >= 4 is 22.0 Å². The summed E-state index contributed by atoms with van der Waals surface area (Å²) in [7, 11) is 1.77. The van der Waals surface area contributed by atoms with Crippen molar-refractivity contribution in [1.29, 1.82) is 0 Å². The molecule has 1 aromatic carbocycles. The molecule has 0 bridgehead atoms. The van der Waals surface area contributed by atoms with E-state index in [1.54, 1.807) is 24.3 Å². The molecule has 0 N–H and O–H groups in total. The van der Waals surface area contributed by atoms with Crippen molar-refractivity contribution in [1.82, 2.24) is 14.5 Å². The van der Waals surface area contributed by atoms with Gasteiger partial charge in [-0.2, -0.15) is 0 Å². The fourth-order valence-electron chi connectivity index (χ4n) is 1.50. The summed E-state index contributed by atoms with van der Waals surface area (Å²) in [5.41, 5.74) is 1.09. The highest BCUT2D eigenvalue weighted by molar-refractivity contribution is 9.10. The van der Waals surface area contributed by atoms with Crippen LogP contribution in [0.1, 0.15) is 5.56 Å². The van der Waals surface area contributed by atoms with E-state index in [4.69, 9.17) is 0 Å². The molecule has 0 spiro atoms. The highest BCUT2D eigenvalue weighted by Crippen LogP contribution is 2.12. The number of nitrogens with zero attached hydrogens (tertiary/aromatic N) is 3. The lowest BCUT2D eigenvalue weighted by Gasteiger charge is -2.17. The molecule has 17 heavy (non-hydrogen) atoms. The van der Waals surface area contributed by atoms with Gasteiger partial charge in [-0.05, 0) is 17.7 Å². The Kier molecular flexibility index (Phi) is 3.58. The van der Waals surface area contributed by atoms with Crippen LogP contribution < -0.4 is 0 Å². The summed E-state index contributed by atoms with van der Waals surface area (Å²) in [6.45, 7) is 0.574. The second kappa shape index (κ2) is 5.14. The van der Waals surface area contributed by atoms with Gasteiger partial charge in [0.05, 0.1) is 0 Å². The molecule has 5 heteroatoms. The van der Waals surface area contributed by atoms with Crippen molar-refractivity contribution in [2.45, 2.75) is 6.54 Å². The Morgan fingerprint density at radius 3 is 2.71 bits per heavy atom. The zero-order chi connectivity index (χ0) is 12.3. The Balaban J connectivity index is 2.04. The van der Waals surface area contributed by atoms with Crippen LogP contribution in [0, 0.1) is 0 Å². The van der Waals surface area contributed by atoms with Crippen LogP contribution >= 0.6 is 15.9 Å². The molecule has 0 radical (unpaired) electrons. The highest BCUT2D eigenvalue weighted by Gasteiger charge is 2.10. The van der Waals surface area contributed by atoms with E-state index in [0.717, 1.165) is 10.0 Å². The third-order valence-electron chi connectivity index (χ3n) is 2.38. The van der Waals surface area contributed by atoms with Gasteiger partial charge in [0.15, 0.2) is 0 Å². The van der Waals surface area contributed by atoms with Crippen LogP contribution in [0.2, 0.25) is 0 Å². The molecule has 1 heterocycles. The first kappa shape index (κ1) is 11.9. The topological polar surface area (TPSA) is 38.1 Å². The molecule has 0 saturated carbocycles. The van der Waals surface area contributed by atoms with Crippen molar-refractivity contribution in [2.24, 2.45) is 0 Å². The molecular formula is C12H12BrN3O. The largest absolute Gasteiger partial charge is 0.329 e. The Labute approximate surface area is 108 Å². The number of hydrogen-bond donors (Lipinski definition) is 0. The molecule has 0 saturated heterocycles. The second-order valence-electron chi connectivity index (χ2n) is 3.74. The van der Waals surface area contributed by atoms with Crippen LogP contribution in [0.25, 0.3) is 0 Å². The maximum Gasteiger partial charge on any atom is 0.329 e. The van der Waals surface area contributed by atoms with Crippen molar-refractivity contribution in [3.05, 3.63) is 53.0 Å². The summed E-state index contributed by atoms with van der Waals surface area (Å²) in [6.07, 6.45) is 4.73. The number of halogens is 1. The maximum absolute atomic E-state index is 11.9. The van der Waals surface area contributed by atoms with Crippen molar-refractivity contribution in [3.8, 4) is 0 Å². The van der Waals surface area contributed by atoms with Crippen molar-refractivity contribution in [2.75, 3.05) is 7.05 Å². The van der Waals surface area contributed by atoms with E-state index in [-0.39, 0.29) is 6.03 Å². The van der Waals surface area contributed by atoms with Gasteiger partial charge in [0, 0.05) is 30.5 Å². The second-order valence-corrected chi connectivity index (χ2v) is 4.65. The minimum absolute atomic E-state index is 0.0922. The molecule has 2 rings (SSSR count). The van der Waals surface area contributed by atoms with Gasteiger partial charge >= 0.3 is 6.03 Å². The van der Waals surface area contributed by atoms with E-state index in [9.17, 15) is 4.79 Å². The van der Waals surface area contributed by atoms with Crippen LogP contribution in [0.5, 0.6) is 0 Å². The van der Waals surface area contributed by atoms with Crippen LogP contribution in [0.15, 0.2) is 47.5 Å². The van der Waals surface area contributed by atoms with Crippen LogP contribution in [-0.4, -0.2) is 27.5 Å². The number of rotatable bonds is 2. The molecule has 0 fully saturated rings. The van der Waals surface area contributed by atoms with Gasteiger partial charge in [-0.25, -0.2) is 9.78 Å². The van der Waals surface area contributed by atoms with Crippen LogP contribution in [0.4, 0.5) is 4.79 Å². The number of aromatic nitrogens is 2. The fourth-order valence-corrected chi connectivity index (χ4v) is 1.77. The number of imidazole rings is 1. The number of amides is 1. The SMILES string of the molecule is CN(Cc1ccc(Br)cc1)C(=O)n1ccnc1. The lowest BCUT2D eigenvalue weighted by atomic mass is 10.2. The third kappa shape index (κ3) is 2.94. The zero-order valence-electron chi connectivity index (χ0n) is 9.38. The minimum atomic E-state index is -0.0922. The van der Waals surface area contributed by atoms with Crippen molar-refractivity contribution < 1.29 is 4.79 Å². The van der Waals surface area contributed by atoms with E-state index in [0.29, 0.717) is 6.54 Å². The van der Waals surface area contributed by atoms with Gasteiger partial charge < -0.3 is 4.90 Å². The molecular weight excluding hydrogens is 282 g/mol. The van der Waals surface area contributed by atoms with Gasteiger partial charge in [-0.3, -0.25) is 4.57 Å². The van der Waals surface area contributed by atoms with Crippen LogP contribution in [-0.2, 0) is 6.54 Å². The molecule has 4 nitrogen and oxygen atoms in total. The van der Waals surface area contributed by atoms with E-state index < -0.39 is 0 Å². The molecule has 0 atom stereocenters. The predicted octanol–water partition coefficient (Wildman–Crippen LogP) is 2.75. The number of hydrogen-bond acceptors (Lipinski definition) is 2. The zero-order valence-corrected chi connectivity index (χ0v) is 11.0. The number of carbonyl (C=O) groups is 1. The van der Waals surface area contributed by atoms with Gasteiger partial charge in [0.25, 0.3) is 0 Å². The molecule has 0 aliphatic heterocycles. The number of carbonyl (C=O) groups excluding carboxylic acids is 1. The first-order chi connectivity index (χ1) is 8.16. The normalized spacial score (nSPS) is 10.2. The smallest absolute Gasteiger partial charge is 0.323 e. The molecule has 0 unspecified atom stereocenters. The van der Waals surface area contributed by atoms with E-state index in [2.05, 4.69) is 20.9 Å². The third-order valence-corrected chi connectivity index (χ3v) is 2.91. The summed E-state index contributed by atoms with van der Waals surface area (Å²) in [6, 6.07) is 7.81. The van der Waals surface area contributed by atoms with E-state index in [1.807, 2.05) is 24.3 Å². The van der Waals surface area contributed by atoms with Crippen molar-refractivity contribution in [3.63, 3.8) is 0 Å². The summed E-state index contributed by atoms with van der Waals surface area (Å²) < 4.78 is 2.49. The minimum Gasteiger partial charge on any atom is -0.323 e. The average molecular weight is 294 g/mol. The first-order valence-electron chi connectivity index (χ1n) is 5.14. The highest BCUT2D eigenvalue weighted by atomic mass is 79.9. The summed E-state index contributed by atoms with van der Waals surface area (Å²) in [5, 5.41) is 0. The lowest BCUT2D eigenvalue weighted by molar-refractivity contribution is 0.208. The standard InChI is InChI=1S/C12H12BrN3O/c1-15(12(17)16-7-6-14-9-16)8-10-2-4-11(13)5-3-10/h2-7,9H,8H2,1H3. The lowest BCUT2D eigenvalue weighted by Crippen LogP contribution is -2.29. The Hall–Kier alpha value is -1.62.